The molecule has 0 aliphatic heterocycles. The maximum atomic E-state index is 10.8. The molecule has 114 valence electrons. The quantitative estimate of drug-likeness (QED) is 0.792. The lowest BCUT2D eigenvalue weighted by Crippen LogP contribution is -2.28. The molecule has 3 aromatic rings. The number of hydrogen-bond acceptors (Lipinski definition) is 4. The van der Waals surface area contributed by atoms with Gasteiger partial charge in [-0.05, 0) is 12.1 Å². The van der Waals surface area contributed by atoms with Crippen molar-refractivity contribution >= 4 is 39.2 Å². The van der Waals surface area contributed by atoms with Gasteiger partial charge in [0.05, 0.1) is 28.0 Å². The van der Waals surface area contributed by atoms with Crippen molar-refractivity contribution in [3.8, 4) is 10.4 Å². The molecular formula is C14H13ClN4O2S. The number of carboxylic acid groups (broad SMARTS) is 1. The molecule has 3 heterocycles. The Kier molecular flexibility index (Phi) is 4.00. The molecular weight excluding hydrogens is 324 g/mol. The number of rotatable bonds is 4. The lowest BCUT2D eigenvalue weighted by atomic mass is 10.3. The number of aromatic nitrogens is 3. The molecule has 22 heavy (non-hydrogen) atoms. The highest BCUT2D eigenvalue weighted by molar-refractivity contribution is 7.22. The maximum absolute atomic E-state index is 10.8. The summed E-state index contributed by atoms with van der Waals surface area (Å²) < 4.78 is 2.69. The molecule has 0 aliphatic rings. The lowest BCUT2D eigenvalue weighted by molar-refractivity contribution is 0.154. The van der Waals surface area contributed by atoms with Crippen LogP contribution in [0.4, 0.5) is 4.79 Å². The number of halogens is 1. The van der Waals surface area contributed by atoms with Gasteiger partial charge in [-0.3, -0.25) is 9.67 Å². The molecule has 3 aromatic heterocycles. The maximum Gasteiger partial charge on any atom is 0.407 e. The molecule has 0 bridgehead atoms. The molecule has 0 atom stereocenters. The van der Waals surface area contributed by atoms with E-state index in [0.29, 0.717) is 18.1 Å². The second-order valence-electron chi connectivity index (χ2n) is 4.81. The number of fused-ring (bicyclic) bond motifs is 1. The van der Waals surface area contributed by atoms with Gasteiger partial charge in [0.25, 0.3) is 0 Å². The molecule has 1 N–H and O–H groups in total. The minimum Gasteiger partial charge on any atom is -0.465 e. The summed E-state index contributed by atoms with van der Waals surface area (Å²) in [5.74, 6) is 0. The second kappa shape index (κ2) is 5.94. The van der Waals surface area contributed by atoms with Gasteiger partial charge in [-0.15, -0.1) is 11.3 Å². The third kappa shape index (κ3) is 2.90. The van der Waals surface area contributed by atoms with Crippen LogP contribution in [0.25, 0.3) is 20.7 Å². The van der Waals surface area contributed by atoms with Crippen molar-refractivity contribution in [1.29, 1.82) is 0 Å². The summed E-state index contributed by atoms with van der Waals surface area (Å²) in [5, 5.41) is 13.8. The van der Waals surface area contributed by atoms with E-state index in [0.717, 1.165) is 20.7 Å². The fraction of sp³-hybridized carbons (Fsp3) is 0.214. The molecule has 0 radical (unpaired) electrons. The molecule has 3 rings (SSSR count). The minimum atomic E-state index is -0.947. The van der Waals surface area contributed by atoms with E-state index in [1.807, 2.05) is 12.3 Å². The third-order valence-electron chi connectivity index (χ3n) is 3.27. The zero-order valence-electron chi connectivity index (χ0n) is 11.7. The van der Waals surface area contributed by atoms with Crippen LogP contribution in [0.1, 0.15) is 0 Å². The Labute approximate surface area is 135 Å². The number of likely N-dealkylation sites (N-methyl/N-ethyl adjacent to an activating group) is 1. The zero-order valence-corrected chi connectivity index (χ0v) is 13.3. The SMILES string of the molecule is CN(CCn1cc(-c2cc3nccc(Cl)c3s2)cn1)C(=O)O. The molecule has 6 nitrogen and oxygen atoms in total. The topological polar surface area (TPSA) is 71.2 Å². The average molecular weight is 337 g/mol. The van der Waals surface area contributed by atoms with E-state index in [1.54, 1.807) is 34.5 Å². The van der Waals surface area contributed by atoms with E-state index in [-0.39, 0.29) is 0 Å². The number of hydrogen-bond donors (Lipinski definition) is 1. The Bertz CT molecular complexity index is 829. The number of amides is 1. The Morgan fingerprint density at radius 1 is 1.55 bits per heavy atom. The van der Waals surface area contributed by atoms with E-state index in [2.05, 4.69) is 10.1 Å². The lowest BCUT2D eigenvalue weighted by Gasteiger charge is -2.12. The Morgan fingerprint density at radius 3 is 3.09 bits per heavy atom. The number of pyridine rings is 1. The molecule has 0 saturated heterocycles. The third-order valence-corrected chi connectivity index (χ3v) is 4.91. The normalized spacial score (nSPS) is 11.0. The molecule has 0 fully saturated rings. The average Bonchev–Trinajstić information content (AvgIpc) is 3.11. The molecule has 0 spiro atoms. The largest absolute Gasteiger partial charge is 0.465 e. The van der Waals surface area contributed by atoms with Crippen LogP contribution in [0.5, 0.6) is 0 Å². The highest BCUT2D eigenvalue weighted by Gasteiger charge is 2.10. The van der Waals surface area contributed by atoms with Gasteiger partial charge in [0, 0.05) is 36.4 Å². The number of nitrogens with zero attached hydrogens (tertiary/aromatic N) is 4. The molecule has 0 aliphatic carbocycles. The summed E-state index contributed by atoms with van der Waals surface area (Å²) in [4.78, 5) is 17.3. The first kappa shape index (κ1) is 14.8. The van der Waals surface area contributed by atoms with Gasteiger partial charge < -0.3 is 10.0 Å². The van der Waals surface area contributed by atoms with Crippen molar-refractivity contribution in [1.82, 2.24) is 19.7 Å². The first-order chi connectivity index (χ1) is 10.5. The van der Waals surface area contributed by atoms with Crippen LogP contribution in [0.2, 0.25) is 5.02 Å². The van der Waals surface area contributed by atoms with Crippen LogP contribution in [-0.2, 0) is 6.54 Å². The van der Waals surface area contributed by atoms with Gasteiger partial charge >= 0.3 is 6.09 Å². The predicted molar refractivity (Wildman–Crippen MR) is 86.5 cm³/mol. The van der Waals surface area contributed by atoms with Crippen LogP contribution in [0.3, 0.4) is 0 Å². The van der Waals surface area contributed by atoms with Gasteiger partial charge in [-0.1, -0.05) is 11.6 Å². The highest BCUT2D eigenvalue weighted by Crippen LogP contribution is 2.35. The van der Waals surface area contributed by atoms with Gasteiger partial charge in [-0.25, -0.2) is 4.79 Å². The van der Waals surface area contributed by atoms with E-state index in [1.165, 1.54) is 11.9 Å². The standard InChI is InChI=1S/C14H13ClN4O2S/c1-18(14(20)21)4-5-19-8-9(7-17-19)12-6-11-13(22-12)10(15)2-3-16-11/h2-3,6-8H,4-5H2,1H3,(H,20,21). The van der Waals surface area contributed by atoms with Crippen molar-refractivity contribution in [2.75, 3.05) is 13.6 Å². The Balaban J connectivity index is 1.80. The fourth-order valence-corrected chi connectivity index (χ4v) is 3.27. The number of thiophene rings is 1. The zero-order chi connectivity index (χ0) is 15.7. The van der Waals surface area contributed by atoms with Gasteiger partial charge in [0.15, 0.2) is 0 Å². The van der Waals surface area contributed by atoms with Crippen molar-refractivity contribution in [3.05, 3.63) is 35.7 Å². The molecule has 0 saturated carbocycles. The summed E-state index contributed by atoms with van der Waals surface area (Å²) >= 11 is 7.73. The van der Waals surface area contributed by atoms with Crippen molar-refractivity contribution in [3.63, 3.8) is 0 Å². The van der Waals surface area contributed by atoms with E-state index in [4.69, 9.17) is 16.7 Å². The van der Waals surface area contributed by atoms with Crippen molar-refractivity contribution in [2.45, 2.75) is 6.54 Å². The smallest absolute Gasteiger partial charge is 0.407 e. The molecule has 8 heteroatoms. The Hall–Kier alpha value is -2.12. The van der Waals surface area contributed by atoms with Gasteiger partial charge in [-0.2, -0.15) is 5.10 Å². The van der Waals surface area contributed by atoms with E-state index < -0.39 is 6.09 Å². The second-order valence-corrected chi connectivity index (χ2v) is 6.27. The van der Waals surface area contributed by atoms with Gasteiger partial charge in [0.2, 0.25) is 0 Å². The van der Waals surface area contributed by atoms with Crippen LogP contribution in [-0.4, -0.2) is 44.5 Å². The van der Waals surface area contributed by atoms with Gasteiger partial charge in [0.1, 0.15) is 0 Å². The summed E-state index contributed by atoms with van der Waals surface area (Å²) in [5.41, 5.74) is 1.84. The molecule has 0 unspecified atom stereocenters. The van der Waals surface area contributed by atoms with Crippen molar-refractivity contribution < 1.29 is 9.90 Å². The monoisotopic (exact) mass is 336 g/mol. The molecule has 0 aromatic carbocycles. The highest BCUT2D eigenvalue weighted by atomic mass is 35.5. The summed E-state index contributed by atoms with van der Waals surface area (Å²) in [6.45, 7) is 0.892. The van der Waals surface area contributed by atoms with Crippen LogP contribution < -0.4 is 0 Å². The summed E-state index contributed by atoms with van der Waals surface area (Å²) in [7, 11) is 1.53. The predicted octanol–water partition coefficient (Wildman–Crippen LogP) is 3.42. The fourth-order valence-electron chi connectivity index (χ4n) is 2.01. The minimum absolute atomic E-state index is 0.385. The van der Waals surface area contributed by atoms with E-state index in [9.17, 15) is 4.79 Å². The van der Waals surface area contributed by atoms with E-state index >= 15 is 0 Å². The molecule has 1 amide bonds. The number of carbonyl (C=O) groups is 1. The van der Waals surface area contributed by atoms with Crippen molar-refractivity contribution in [2.24, 2.45) is 0 Å². The first-order valence-electron chi connectivity index (χ1n) is 6.55. The van der Waals surface area contributed by atoms with Crippen LogP contribution in [0, 0.1) is 0 Å². The van der Waals surface area contributed by atoms with Crippen LogP contribution in [0.15, 0.2) is 30.7 Å². The first-order valence-corrected chi connectivity index (χ1v) is 7.75. The summed E-state index contributed by atoms with van der Waals surface area (Å²) in [6.07, 6.45) is 4.40. The summed E-state index contributed by atoms with van der Waals surface area (Å²) in [6, 6.07) is 3.76. The Morgan fingerprint density at radius 2 is 2.36 bits per heavy atom. The van der Waals surface area contributed by atoms with Crippen LogP contribution >= 0.6 is 22.9 Å².